The second-order valence-electron chi connectivity index (χ2n) is 6.06. The van der Waals surface area contributed by atoms with Gasteiger partial charge in [-0.25, -0.2) is 14.4 Å². The molecule has 2 heterocycles. The van der Waals surface area contributed by atoms with Crippen LogP contribution in [0, 0.1) is 5.82 Å². The molecule has 0 bridgehead atoms. The fourth-order valence-electron chi connectivity index (χ4n) is 3.13. The van der Waals surface area contributed by atoms with Crippen LogP contribution >= 0.6 is 0 Å². The van der Waals surface area contributed by atoms with E-state index in [0.29, 0.717) is 11.4 Å². The number of anilines is 1. The summed E-state index contributed by atoms with van der Waals surface area (Å²) in [6, 6.07) is 16.6. The van der Waals surface area contributed by atoms with Crippen LogP contribution in [0.1, 0.15) is 12.6 Å². The van der Waals surface area contributed by atoms with Gasteiger partial charge in [0.2, 0.25) is 0 Å². The first kappa shape index (κ1) is 16.3. The van der Waals surface area contributed by atoms with Crippen molar-refractivity contribution in [3.05, 3.63) is 72.3 Å². The predicted molar refractivity (Wildman–Crippen MR) is 103 cm³/mol. The molecule has 0 radical (unpaired) electrons. The minimum atomic E-state index is -0.326. The third-order valence-electron chi connectivity index (χ3n) is 4.50. The summed E-state index contributed by atoms with van der Waals surface area (Å²) in [4.78, 5) is 9.36. The normalized spacial score (nSPS) is 11.0. The number of nitrogens with zero attached hydrogens (tertiary/aromatic N) is 3. The fourth-order valence-corrected chi connectivity index (χ4v) is 3.13. The van der Waals surface area contributed by atoms with Crippen LogP contribution < -0.4 is 5.32 Å². The maximum Gasteiger partial charge on any atom is 0.165 e. The Morgan fingerprint density at radius 1 is 1.04 bits per heavy atom. The van der Waals surface area contributed by atoms with Gasteiger partial charge in [-0.2, -0.15) is 0 Å². The average molecular weight is 346 g/mol. The van der Waals surface area contributed by atoms with Crippen LogP contribution in [0.25, 0.3) is 28.1 Å². The Hall–Kier alpha value is -3.21. The van der Waals surface area contributed by atoms with Gasteiger partial charge in [0.05, 0.1) is 11.1 Å². The molecule has 2 aromatic carbocycles. The zero-order valence-electron chi connectivity index (χ0n) is 14.7. The molecule has 1 N–H and O–H groups in total. The van der Waals surface area contributed by atoms with Crippen molar-refractivity contribution in [2.24, 2.45) is 0 Å². The summed E-state index contributed by atoms with van der Waals surface area (Å²) in [6.45, 7) is 2.10. The summed E-state index contributed by atoms with van der Waals surface area (Å²) in [5.74, 6) is 0.818. The zero-order chi connectivity index (χ0) is 18.1. The molecule has 26 heavy (non-hydrogen) atoms. The first-order valence-corrected chi connectivity index (χ1v) is 8.62. The Labute approximate surface area is 151 Å². The molecule has 5 heteroatoms. The smallest absolute Gasteiger partial charge is 0.165 e. The summed E-state index contributed by atoms with van der Waals surface area (Å²) in [5.41, 5.74) is 3.30. The van der Waals surface area contributed by atoms with E-state index in [1.165, 1.54) is 6.07 Å². The lowest BCUT2D eigenvalue weighted by Crippen LogP contribution is -2.05. The molecule has 0 saturated carbocycles. The monoisotopic (exact) mass is 346 g/mol. The molecule has 0 aliphatic rings. The number of aromatic nitrogens is 3. The summed E-state index contributed by atoms with van der Waals surface area (Å²) < 4.78 is 16.4. The molecule has 0 atom stereocenters. The van der Waals surface area contributed by atoms with Gasteiger partial charge in [-0.1, -0.05) is 19.1 Å². The number of aryl methyl sites for hydroxylation is 1. The predicted octanol–water partition coefficient (Wildman–Crippen LogP) is 4.83. The third kappa shape index (κ3) is 2.71. The topological polar surface area (TPSA) is 42.7 Å². The molecule has 0 amide bonds. The van der Waals surface area contributed by atoms with Gasteiger partial charge in [0.1, 0.15) is 11.6 Å². The van der Waals surface area contributed by atoms with E-state index < -0.39 is 0 Å². The summed E-state index contributed by atoms with van der Waals surface area (Å²) >= 11 is 0. The molecule has 0 aliphatic carbocycles. The van der Waals surface area contributed by atoms with E-state index in [2.05, 4.69) is 23.3 Å². The Balaban J connectivity index is 2.04. The van der Waals surface area contributed by atoms with Crippen molar-refractivity contribution in [2.75, 3.05) is 12.4 Å². The van der Waals surface area contributed by atoms with Gasteiger partial charge in [0.25, 0.3) is 0 Å². The first-order valence-electron chi connectivity index (χ1n) is 8.62. The number of hydrogen-bond acceptors (Lipinski definition) is 3. The molecule has 4 nitrogen and oxygen atoms in total. The molecule has 0 fully saturated rings. The second kappa shape index (κ2) is 6.59. The van der Waals surface area contributed by atoms with Crippen LogP contribution in [0.3, 0.4) is 0 Å². The van der Waals surface area contributed by atoms with Crippen molar-refractivity contribution < 1.29 is 4.39 Å². The number of halogens is 1. The van der Waals surface area contributed by atoms with Gasteiger partial charge < -0.3 is 9.88 Å². The number of hydrogen-bond donors (Lipinski definition) is 1. The van der Waals surface area contributed by atoms with Gasteiger partial charge >= 0.3 is 0 Å². The lowest BCUT2D eigenvalue weighted by molar-refractivity contribution is 0.630. The molecule has 0 aliphatic heterocycles. The molecule has 130 valence electrons. The quantitative estimate of drug-likeness (QED) is 0.575. The summed E-state index contributed by atoms with van der Waals surface area (Å²) in [6.07, 6.45) is 2.86. The highest BCUT2D eigenvalue weighted by molar-refractivity contribution is 5.90. The van der Waals surface area contributed by atoms with Crippen molar-refractivity contribution in [2.45, 2.75) is 13.3 Å². The maximum atomic E-state index is 14.3. The van der Waals surface area contributed by atoms with Crippen LogP contribution in [-0.4, -0.2) is 21.6 Å². The Morgan fingerprint density at radius 3 is 2.65 bits per heavy atom. The highest BCUT2D eigenvalue weighted by atomic mass is 19.1. The molecule has 4 aromatic rings. The van der Waals surface area contributed by atoms with Gasteiger partial charge in [-0.05, 0) is 48.9 Å². The molecular formula is C21H19FN4. The van der Waals surface area contributed by atoms with Gasteiger partial charge in [0, 0.05) is 30.0 Å². The standard InChI is InChI=1S/C21H19FN4/c1-3-15-7-6-12-26(15)21-17-13-14(23-2)10-11-19(17)24-20(25-21)16-8-4-5-9-18(16)22/h4-13,23H,3H2,1-2H3. The van der Waals surface area contributed by atoms with Gasteiger partial charge in [-0.3, -0.25) is 0 Å². The van der Waals surface area contributed by atoms with Crippen molar-refractivity contribution in [1.82, 2.24) is 14.5 Å². The van der Waals surface area contributed by atoms with Crippen LogP contribution in [0.5, 0.6) is 0 Å². The molecule has 0 unspecified atom stereocenters. The Kier molecular flexibility index (Phi) is 4.13. The van der Waals surface area contributed by atoms with Gasteiger partial charge in [-0.15, -0.1) is 0 Å². The number of fused-ring (bicyclic) bond motifs is 1. The van der Waals surface area contributed by atoms with E-state index >= 15 is 0 Å². The van der Waals surface area contributed by atoms with E-state index in [1.807, 2.05) is 42.1 Å². The second-order valence-corrected chi connectivity index (χ2v) is 6.06. The third-order valence-corrected chi connectivity index (χ3v) is 4.50. The van der Waals surface area contributed by atoms with Crippen molar-refractivity contribution in [3.63, 3.8) is 0 Å². The minimum absolute atomic E-state index is 0.326. The fraction of sp³-hybridized carbons (Fsp3) is 0.143. The van der Waals surface area contributed by atoms with Crippen LogP contribution in [0.15, 0.2) is 60.8 Å². The van der Waals surface area contributed by atoms with Crippen molar-refractivity contribution in [3.8, 4) is 17.2 Å². The molecule has 0 spiro atoms. The van der Waals surface area contributed by atoms with E-state index in [9.17, 15) is 4.39 Å². The zero-order valence-corrected chi connectivity index (χ0v) is 14.7. The summed E-state index contributed by atoms with van der Waals surface area (Å²) in [7, 11) is 1.88. The van der Waals surface area contributed by atoms with E-state index in [0.717, 1.165) is 34.5 Å². The maximum absolute atomic E-state index is 14.3. The van der Waals surface area contributed by atoms with Crippen LogP contribution in [0.2, 0.25) is 0 Å². The largest absolute Gasteiger partial charge is 0.388 e. The molecule has 0 saturated heterocycles. The van der Waals surface area contributed by atoms with Crippen molar-refractivity contribution in [1.29, 1.82) is 0 Å². The molecular weight excluding hydrogens is 327 g/mol. The lowest BCUT2D eigenvalue weighted by atomic mass is 10.1. The molecule has 4 rings (SSSR count). The number of rotatable bonds is 4. The van der Waals surface area contributed by atoms with E-state index in [4.69, 9.17) is 4.98 Å². The SMILES string of the molecule is CCc1cccn1-c1nc(-c2ccccc2F)nc2ccc(NC)cc12. The van der Waals surface area contributed by atoms with Crippen LogP contribution in [-0.2, 0) is 6.42 Å². The Morgan fingerprint density at radius 2 is 1.88 bits per heavy atom. The lowest BCUT2D eigenvalue weighted by Gasteiger charge is -2.13. The summed E-state index contributed by atoms with van der Waals surface area (Å²) in [5, 5.41) is 4.07. The van der Waals surface area contributed by atoms with Crippen molar-refractivity contribution >= 4 is 16.6 Å². The van der Waals surface area contributed by atoms with Gasteiger partial charge in [0.15, 0.2) is 5.82 Å². The number of nitrogens with one attached hydrogen (secondary N) is 1. The number of benzene rings is 2. The van der Waals surface area contributed by atoms with E-state index in [-0.39, 0.29) is 5.82 Å². The average Bonchev–Trinajstić information content (AvgIpc) is 3.15. The van der Waals surface area contributed by atoms with E-state index in [1.54, 1.807) is 18.2 Å². The molecule has 2 aromatic heterocycles. The highest BCUT2D eigenvalue weighted by Crippen LogP contribution is 2.28. The Bertz CT molecular complexity index is 1080. The highest BCUT2D eigenvalue weighted by Gasteiger charge is 2.15. The minimum Gasteiger partial charge on any atom is -0.388 e. The van der Waals surface area contributed by atoms with Crippen LogP contribution in [0.4, 0.5) is 10.1 Å². The first-order chi connectivity index (χ1) is 12.7.